The summed E-state index contributed by atoms with van der Waals surface area (Å²) in [6.07, 6.45) is 0.766. The quantitative estimate of drug-likeness (QED) is 0.375. The molecule has 0 bridgehead atoms. The molecule has 11 heteroatoms. The minimum atomic E-state index is -4.50. The standard InChI is InChI=1S/C20H24ClF3N6O/c1-2-26-10-14(18(21)25)19(31)28-13-8-6-12(7-9-13)27-16-4-3-5-17-29-15(11-30(16)17)20(22,23)24/h3-5,10-13,25-27H,2,6-9H2,1H3,(H,28,31)/b14-10+,25-18?. The number of amides is 1. The minimum absolute atomic E-state index is 0.0542. The second-order valence-corrected chi connectivity index (χ2v) is 7.74. The van der Waals surface area contributed by atoms with Crippen LogP contribution in [0.3, 0.4) is 0 Å². The van der Waals surface area contributed by atoms with Crippen molar-refractivity contribution in [3.05, 3.63) is 41.9 Å². The van der Waals surface area contributed by atoms with Crippen molar-refractivity contribution in [2.24, 2.45) is 0 Å². The molecule has 7 nitrogen and oxygen atoms in total. The van der Waals surface area contributed by atoms with Gasteiger partial charge < -0.3 is 16.0 Å². The number of rotatable bonds is 7. The van der Waals surface area contributed by atoms with E-state index in [9.17, 15) is 18.0 Å². The highest BCUT2D eigenvalue weighted by atomic mass is 35.5. The molecule has 31 heavy (non-hydrogen) atoms. The molecule has 0 spiro atoms. The van der Waals surface area contributed by atoms with Crippen LogP contribution in [0.2, 0.25) is 0 Å². The van der Waals surface area contributed by atoms with Gasteiger partial charge in [-0.15, -0.1) is 0 Å². The lowest BCUT2D eigenvalue weighted by Gasteiger charge is -2.30. The number of aromatic nitrogens is 2. The predicted octanol–water partition coefficient (Wildman–Crippen LogP) is 3.90. The molecule has 1 aliphatic carbocycles. The molecule has 0 aliphatic heterocycles. The van der Waals surface area contributed by atoms with Crippen LogP contribution in [0.15, 0.2) is 36.2 Å². The van der Waals surface area contributed by atoms with Gasteiger partial charge >= 0.3 is 6.18 Å². The fourth-order valence-electron chi connectivity index (χ4n) is 3.55. The van der Waals surface area contributed by atoms with Crippen molar-refractivity contribution in [3.63, 3.8) is 0 Å². The normalized spacial score (nSPS) is 19.8. The first kappa shape index (κ1) is 22.9. The first-order chi connectivity index (χ1) is 14.7. The summed E-state index contributed by atoms with van der Waals surface area (Å²) in [5.74, 6) is 0.139. The van der Waals surface area contributed by atoms with Crippen LogP contribution in [0, 0.1) is 5.41 Å². The molecule has 0 atom stereocenters. The maximum atomic E-state index is 13.0. The van der Waals surface area contributed by atoms with Gasteiger partial charge in [0.25, 0.3) is 5.91 Å². The van der Waals surface area contributed by atoms with E-state index in [0.29, 0.717) is 25.2 Å². The largest absolute Gasteiger partial charge is 0.434 e. The molecule has 1 aliphatic rings. The Morgan fingerprint density at radius 2 is 1.97 bits per heavy atom. The van der Waals surface area contributed by atoms with E-state index in [-0.39, 0.29) is 28.5 Å². The number of fused-ring (bicyclic) bond motifs is 1. The van der Waals surface area contributed by atoms with Gasteiger partial charge in [0.05, 0.1) is 5.57 Å². The van der Waals surface area contributed by atoms with Crippen LogP contribution in [0.4, 0.5) is 19.0 Å². The Morgan fingerprint density at radius 1 is 1.29 bits per heavy atom. The number of nitrogens with zero attached hydrogens (tertiary/aromatic N) is 2. The third-order valence-electron chi connectivity index (χ3n) is 5.13. The van der Waals surface area contributed by atoms with Crippen molar-refractivity contribution in [2.45, 2.75) is 50.9 Å². The Morgan fingerprint density at radius 3 is 2.58 bits per heavy atom. The topological polar surface area (TPSA) is 94.3 Å². The van der Waals surface area contributed by atoms with E-state index >= 15 is 0 Å². The molecular weight excluding hydrogens is 433 g/mol. The number of halogens is 4. The average Bonchev–Trinajstić information content (AvgIpc) is 3.15. The van der Waals surface area contributed by atoms with Crippen LogP contribution in [0.25, 0.3) is 5.65 Å². The van der Waals surface area contributed by atoms with Gasteiger partial charge in [0.1, 0.15) is 16.6 Å². The van der Waals surface area contributed by atoms with Crippen LogP contribution in [0.5, 0.6) is 0 Å². The Labute approximate surface area is 182 Å². The molecule has 2 aromatic rings. The third kappa shape index (κ3) is 5.69. The zero-order valence-electron chi connectivity index (χ0n) is 16.9. The van der Waals surface area contributed by atoms with Crippen molar-refractivity contribution in [1.29, 1.82) is 5.41 Å². The van der Waals surface area contributed by atoms with Gasteiger partial charge in [-0.3, -0.25) is 14.6 Å². The minimum Gasteiger partial charge on any atom is -0.390 e. The van der Waals surface area contributed by atoms with Crippen LogP contribution in [0.1, 0.15) is 38.3 Å². The molecule has 1 amide bonds. The Kier molecular flexibility index (Phi) is 7.09. The Hall–Kier alpha value is -2.75. The van der Waals surface area contributed by atoms with Gasteiger partial charge in [-0.05, 0) is 44.7 Å². The van der Waals surface area contributed by atoms with E-state index in [2.05, 4.69) is 20.9 Å². The van der Waals surface area contributed by atoms with E-state index in [1.54, 1.807) is 12.1 Å². The molecule has 168 valence electrons. The number of nitrogens with one attached hydrogen (secondary N) is 4. The number of carbonyl (C=O) groups is 1. The van der Waals surface area contributed by atoms with Gasteiger partial charge in [0, 0.05) is 31.0 Å². The zero-order valence-corrected chi connectivity index (χ0v) is 17.6. The number of imidazole rings is 1. The summed E-state index contributed by atoms with van der Waals surface area (Å²) in [6.45, 7) is 2.47. The first-order valence-electron chi connectivity index (χ1n) is 9.99. The van der Waals surface area contributed by atoms with Crippen molar-refractivity contribution < 1.29 is 18.0 Å². The fourth-order valence-corrected chi connectivity index (χ4v) is 3.69. The molecule has 2 heterocycles. The third-order valence-corrected chi connectivity index (χ3v) is 5.33. The summed E-state index contributed by atoms with van der Waals surface area (Å²) in [6, 6.07) is 4.90. The molecule has 0 radical (unpaired) electrons. The zero-order chi connectivity index (χ0) is 22.6. The number of hydrogen-bond acceptors (Lipinski definition) is 5. The molecular formula is C20H24ClF3N6O. The highest BCUT2D eigenvalue weighted by Crippen LogP contribution is 2.30. The average molecular weight is 457 g/mol. The van der Waals surface area contributed by atoms with Crippen molar-refractivity contribution >= 4 is 34.1 Å². The SMILES string of the molecule is CCN/C=C(\C(=N)Cl)C(=O)NC1CCC(Nc2cccc3nc(C(F)(F)F)cn23)CC1. The van der Waals surface area contributed by atoms with Crippen molar-refractivity contribution in [1.82, 2.24) is 20.0 Å². The lowest BCUT2D eigenvalue weighted by atomic mass is 9.91. The summed E-state index contributed by atoms with van der Waals surface area (Å²) >= 11 is 5.71. The molecule has 1 saturated carbocycles. The Bertz CT molecular complexity index is 979. The monoisotopic (exact) mass is 456 g/mol. The maximum absolute atomic E-state index is 13.0. The van der Waals surface area contributed by atoms with Crippen molar-refractivity contribution in [2.75, 3.05) is 11.9 Å². The van der Waals surface area contributed by atoms with Crippen LogP contribution < -0.4 is 16.0 Å². The summed E-state index contributed by atoms with van der Waals surface area (Å²) in [7, 11) is 0. The maximum Gasteiger partial charge on any atom is 0.434 e. The number of pyridine rings is 1. The van der Waals surface area contributed by atoms with Crippen LogP contribution in [-0.4, -0.2) is 39.1 Å². The number of alkyl halides is 3. The predicted molar refractivity (Wildman–Crippen MR) is 113 cm³/mol. The summed E-state index contributed by atoms with van der Waals surface area (Å²) < 4.78 is 40.3. The number of carbonyl (C=O) groups excluding carboxylic acids is 1. The lowest BCUT2D eigenvalue weighted by molar-refractivity contribution is -0.140. The molecule has 2 aromatic heterocycles. The summed E-state index contributed by atoms with van der Waals surface area (Å²) in [5, 5.41) is 16.3. The first-order valence-corrected chi connectivity index (χ1v) is 10.4. The highest BCUT2D eigenvalue weighted by Gasteiger charge is 2.34. The highest BCUT2D eigenvalue weighted by molar-refractivity contribution is 6.71. The number of hydrogen-bond donors (Lipinski definition) is 4. The van der Waals surface area contributed by atoms with Gasteiger partial charge in [-0.25, -0.2) is 4.98 Å². The van der Waals surface area contributed by atoms with Gasteiger partial charge in [0.2, 0.25) is 0 Å². The molecule has 4 N–H and O–H groups in total. The Balaban J connectivity index is 1.60. The second kappa shape index (κ2) is 9.59. The van der Waals surface area contributed by atoms with Crippen LogP contribution in [-0.2, 0) is 11.0 Å². The van der Waals surface area contributed by atoms with Gasteiger partial charge in [0.15, 0.2) is 5.69 Å². The molecule has 0 unspecified atom stereocenters. The molecule has 1 fully saturated rings. The smallest absolute Gasteiger partial charge is 0.390 e. The van der Waals surface area contributed by atoms with E-state index in [0.717, 1.165) is 19.0 Å². The fraction of sp³-hybridized carbons (Fsp3) is 0.450. The molecule has 3 rings (SSSR count). The second-order valence-electron chi connectivity index (χ2n) is 7.36. The van der Waals surface area contributed by atoms with Crippen molar-refractivity contribution in [3.8, 4) is 0 Å². The lowest BCUT2D eigenvalue weighted by Crippen LogP contribution is -2.41. The van der Waals surface area contributed by atoms with E-state index < -0.39 is 17.8 Å². The van der Waals surface area contributed by atoms with Gasteiger partial charge in [-0.2, -0.15) is 13.2 Å². The van der Waals surface area contributed by atoms with Crippen LogP contribution >= 0.6 is 11.6 Å². The summed E-state index contributed by atoms with van der Waals surface area (Å²) in [4.78, 5) is 16.0. The molecule has 0 aromatic carbocycles. The number of anilines is 1. The van der Waals surface area contributed by atoms with E-state index in [1.165, 1.54) is 16.7 Å². The summed E-state index contributed by atoms with van der Waals surface area (Å²) in [5.41, 5.74) is -0.628. The molecule has 0 saturated heterocycles. The van der Waals surface area contributed by atoms with E-state index in [4.69, 9.17) is 17.0 Å². The van der Waals surface area contributed by atoms with E-state index in [1.807, 2.05) is 6.92 Å². The van der Waals surface area contributed by atoms with Gasteiger partial charge in [-0.1, -0.05) is 17.7 Å².